The molecule has 0 aromatic heterocycles. The molecule has 54 heavy (non-hydrogen) atoms. The molecule has 6 nitrogen and oxygen atoms in total. The first kappa shape index (κ1) is 52.4. The van der Waals surface area contributed by atoms with Crippen molar-refractivity contribution in [3.8, 4) is 0 Å². The summed E-state index contributed by atoms with van der Waals surface area (Å²) in [4.78, 5) is 37.5. The lowest BCUT2D eigenvalue weighted by Gasteiger charge is -2.18. The maximum absolute atomic E-state index is 12.5. The number of rotatable bonds is 43. The molecule has 0 rings (SSSR count). The summed E-state index contributed by atoms with van der Waals surface area (Å²) in [6.45, 7) is 8.95. The fourth-order valence-electron chi connectivity index (χ4n) is 7.12. The maximum atomic E-state index is 12.5. The van der Waals surface area contributed by atoms with Gasteiger partial charge in [-0.2, -0.15) is 0 Å². The van der Waals surface area contributed by atoms with Crippen molar-refractivity contribution in [2.24, 2.45) is 5.92 Å². The van der Waals surface area contributed by atoms with Gasteiger partial charge in [0.1, 0.15) is 13.2 Å². The summed E-state index contributed by atoms with van der Waals surface area (Å²) in [7, 11) is 0. The summed E-state index contributed by atoms with van der Waals surface area (Å²) >= 11 is 0. The first-order valence-electron chi connectivity index (χ1n) is 23.9. The van der Waals surface area contributed by atoms with Crippen molar-refractivity contribution in [2.45, 2.75) is 271 Å². The van der Waals surface area contributed by atoms with E-state index in [1.54, 1.807) is 0 Å². The second-order valence-corrected chi connectivity index (χ2v) is 16.6. The van der Waals surface area contributed by atoms with Crippen LogP contribution < -0.4 is 0 Å². The van der Waals surface area contributed by atoms with E-state index in [0.717, 1.165) is 70.1 Å². The number of hydrogen-bond donors (Lipinski definition) is 0. The van der Waals surface area contributed by atoms with Crippen LogP contribution in [0.25, 0.3) is 0 Å². The zero-order chi connectivity index (χ0) is 39.6. The molecular weight excluding hydrogens is 673 g/mol. The quantitative estimate of drug-likeness (QED) is 0.0349. The molecular formula is C48H92O6. The van der Waals surface area contributed by atoms with Crippen molar-refractivity contribution in [3.05, 3.63) is 0 Å². The van der Waals surface area contributed by atoms with Crippen LogP contribution in [0.4, 0.5) is 0 Å². The minimum Gasteiger partial charge on any atom is -0.462 e. The molecule has 0 spiro atoms. The van der Waals surface area contributed by atoms with Gasteiger partial charge < -0.3 is 14.2 Å². The first-order chi connectivity index (χ1) is 26.4. The Morgan fingerprint density at radius 3 is 0.963 bits per heavy atom. The average Bonchev–Trinajstić information content (AvgIpc) is 3.17. The summed E-state index contributed by atoms with van der Waals surface area (Å²) in [5.41, 5.74) is 0. The molecule has 2 atom stereocenters. The van der Waals surface area contributed by atoms with Crippen LogP contribution in [0.15, 0.2) is 0 Å². The molecule has 6 heteroatoms. The Balaban J connectivity index is 4.10. The number of hydrogen-bond acceptors (Lipinski definition) is 6. The molecule has 1 unspecified atom stereocenters. The van der Waals surface area contributed by atoms with Crippen molar-refractivity contribution in [2.75, 3.05) is 13.2 Å². The van der Waals surface area contributed by atoms with E-state index in [0.29, 0.717) is 19.3 Å². The SMILES string of the molecule is CCCCCCCCCCCCCCCCCCCC(=O)OC[C@@H](COC(=O)CCCCCCCCCCCCC(C)CC)OC(=O)CCCCCCC. The van der Waals surface area contributed by atoms with Crippen LogP contribution in [-0.4, -0.2) is 37.2 Å². The fraction of sp³-hybridized carbons (Fsp3) is 0.938. The lowest BCUT2D eigenvalue weighted by molar-refractivity contribution is -0.167. The van der Waals surface area contributed by atoms with Gasteiger partial charge in [-0.1, -0.05) is 227 Å². The normalized spacial score (nSPS) is 12.4. The number of carbonyl (C=O) groups excluding carboxylic acids is 3. The summed E-state index contributed by atoms with van der Waals surface area (Å²) in [5, 5.41) is 0. The third-order valence-corrected chi connectivity index (χ3v) is 11.2. The molecule has 0 aromatic carbocycles. The van der Waals surface area contributed by atoms with Gasteiger partial charge >= 0.3 is 17.9 Å². The summed E-state index contributed by atoms with van der Waals surface area (Å²) < 4.78 is 16.6. The lowest BCUT2D eigenvalue weighted by Crippen LogP contribution is -2.30. The molecule has 0 N–H and O–H groups in total. The Kier molecular flexibility index (Phi) is 41.3. The van der Waals surface area contributed by atoms with Gasteiger partial charge in [-0.05, 0) is 25.2 Å². The van der Waals surface area contributed by atoms with Gasteiger partial charge in [0.25, 0.3) is 0 Å². The Bertz CT molecular complexity index is 813. The maximum Gasteiger partial charge on any atom is 0.306 e. The molecule has 0 aromatic rings. The number of esters is 3. The van der Waals surface area contributed by atoms with Crippen LogP contribution in [0.5, 0.6) is 0 Å². The van der Waals surface area contributed by atoms with Crippen molar-refractivity contribution in [3.63, 3.8) is 0 Å². The minimum atomic E-state index is -0.758. The van der Waals surface area contributed by atoms with Crippen LogP contribution in [-0.2, 0) is 28.6 Å². The molecule has 0 bridgehead atoms. The molecule has 0 heterocycles. The number of ether oxygens (including phenoxy) is 3. The van der Waals surface area contributed by atoms with Gasteiger partial charge in [0.05, 0.1) is 0 Å². The Hall–Kier alpha value is -1.59. The third kappa shape index (κ3) is 40.1. The van der Waals surface area contributed by atoms with Gasteiger partial charge in [-0.25, -0.2) is 0 Å². The van der Waals surface area contributed by atoms with Crippen LogP contribution >= 0.6 is 0 Å². The third-order valence-electron chi connectivity index (χ3n) is 11.2. The van der Waals surface area contributed by atoms with Crippen LogP contribution in [0.3, 0.4) is 0 Å². The van der Waals surface area contributed by atoms with Gasteiger partial charge in [0.15, 0.2) is 6.10 Å². The lowest BCUT2D eigenvalue weighted by atomic mass is 9.99. The summed E-state index contributed by atoms with van der Waals surface area (Å²) in [6, 6.07) is 0. The Labute approximate surface area is 336 Å². The molecule has 320 valence electrons. The second kappa shape index (κ2) is 42.6. The van der Waals surface area contributed by atoms with E-state index >= 15 is 0 Å². The number of unbranched alkanes of at least 4 members (excludes halogenated alkanes) is 29. The van der Waals surface area contributed by atoms with Crippen LogP contribution in [0, 0.1) is 5.92 Å². The number of carbonyl (C=O) groups is 3. The van der Waals surface area contributed by atoms with E-state index in [-0.39, 0.29) is 31.1 Å². The summed E-state index contributed by atoms with van der Waals surface area (Å²) in [5.74, 6) is 0.00384. The van der Waals surface area contributed by atoms with E-state index in [9.17, 15) is 14.4 Å². The molecule has 0 radical (unpaired) electrons. The fourth-order valence-corrected chi connectivity index (χ4v) is 7.12. The van der Waals surface area contributed by atoms with E-state index < -0.39 is 6.10 Å². The standard InChI is InChI=1S/C48H92O6/c1-5-8-10-12-13-14-15-16-17-18-19-20-21-25-28-32-35-39-46(49)52-42-45(54-48(51)41-37-30-11-9-6-2)43-53-47(50)40-36-33-29-26-23-22-24-27-31-34-38-44(4)7-3/h44-45H,5-43H2,1-4H3/t44?,45-/m0/s1. The van der Waals surface area contributed by atoms with Crippen LogP contribution in [0.2, 0.25) is 0 Å². The monoisotopic (exact) mass is 765 g/mol. The highest BCUT2D eigenvalue weighted by Crippen LogP contribution is 2.17. The smallest absolute Gasteiger partial charge is 0.306 e. The molecule has 0 aliphatic rings. The van der Waals surface area contributed by atoms with E-state index in [1.165, 1.54) is 154 Å². The Morgan fingerprint density at radius 2 is 0.648 bits per heavy atom. The van der Waals surface area contributed by atoms with Gasteiger partial charge in [-0.15, -0.1) is 0 Å². The largest absolute Gasteiger partial charge is 0.462 e. The van der Waals surface area contributed by atoms with Crippen LogP contribution in [0.1, 0.15) is 265 Å². The second-order valence-electron chi connectivity index (χ2n) is 16.6. The highest BCUT2D eigenvalue weighted by molar-refractivity contribution is 5.71. The molecule has 0 aliphatic heterocycles. The van der Waals surface area contributed by atoms with Gasteiger partial charge in [0, 0.05) is 19.3 Å². The van der Waals surface area contributed by atoms with Gasteiger partial charge in [-0.3, -0.25) is 14.4 Å². The topological polar surface area (TPSA) is 78.9 Å². The highest BCUT2D eigenvalue weighted by atomic mass is 16.6. The van der Waals surface area contributed by atoms with Crippen molar-refractivity contribution in [1.82, 2.24) is 0 Å². The minimum absolute atomic E-state index is 0.0650. The molecule has 0 aliphatic carbocycles. The average molecular weight is 765 g/mol. The zero-order valence-corrected chi connectivity index (χ0v) is 36.7. The van der Waals surface area contributed by atoms with Gasteiger partial charge in [0.2, 0.25) is 0 Å². The molecule has 0 saturated carbocycles. The Morgan fingerprint density at radius 1 is 0.370 bits per heavy atom. The van der Waals surface area contributed by atoms with E-state index in [1.807, 2.05) is 0 Å². The summed E-state index contributed by atoms with van der Waals surface area (Å²) in [6.07, 6.45) is 42.6. The molecule has 0 fully saturated rings. The zero-order valence-electron chi connectivity index (χ0n) is 36.7. The predicted octanol–water partition coefficient (Wildman–Crippen LogP) is 15.1. The van der Waals surface area contributed by atoms with E-state index in [4.69, 9.17) is 14.2 Å². The predicted molar refractivity (Wildman–Crippen MR) is 229 cm³/mol. The first-order valence-corrected chi connectivity index (χ1v) is 23.9. The molecule has 0 amide bonds. The van der Waals surface area contributed by atoms with Crippen molar-refractivity contribution >= 4 is 17.9 Å². The van der Waals surface area contributed by atoms with E-state index in [2.05, 4.69) is 27.7 Å². The highest BCUT2D eigenvalue weighted by Gasteiger charge is 2.19. The van der Waals surface area contributed by atoms with Crippen molar-refractivity contribution in [1.29, 1.82) is 0 Å². The molecule has 0 saturated heterocycles. The van der Waals surface area contributed by atoms with Crippen molar-refractivity contribution < 1.29 is 28.6 Å².